The molecule has 1 saturated heterocycles. The van der Waals surface area contributed by atoms with Gasteiger partial charge in [-0.3, -0.25) is 0 Å². The van der Waals surface area contributed by atoms with E-state index < -0.39 is 10.0 Å². The Balaban J connectivity index is 1.88. The van der Waals surface area contributed by atoms with Gasteiger partial charge in [0.1, 0.15) is 6.07 Å². The molecule has 1 fully saturated rings. The summed E-state index contributed by atoms with van der Waals surface area (Å²) in [6, 6.07) is 8.45. The predicted octanol–water partition coefficient (Wildman–Crippen LogP) is 2.70. The van der Waals surface area contributed by atoms with Crippen LogP contribution >= 0.6 is 0 Å². The molecule has 0 amide bonds. The predicted molar refractivity (Wildman–Crippen MR) is 98.1 cm³/mol. The van der Waals surface area contributed by atoms with E-state index in [0.29, 0.717) is 36.3 Å². The lowest BCUT2D eigenvalue weighted by atomic mass is 10.0. The molecule has 7 nitrogen and oxygen atoms in total. The largest absolute Gasteiger partial charge is 0.419 e. The van der Waals surface area contributed by atoms with E-state index in [4.69, 9.17) is 9.68 Å². The Hall–Kier alpha value is -2.37. The van der Waals surface area contributed by atoms with Crippen molar-refractivity contribution in [3.05, 3.63) is 30.0 Å². The lowest BCUT2D eigenvalue weighted by Gasteiger charge is -2.30. The summed E-state index contributed by atoms with van der Waals surface area (Å²) in [7, 11) is 0.0354. The number of benzene rings is 1. The van der Waals surface area contributed by atoms with E-state index in [1.54, 1.807) is 47.6 Å². The van der Waals surface area contributed by atoms with Crippen molar-refractivity contribution >= 4 is 15.9 Å². The van der Waals surface area contributed by atoms with Crippen LogP contribution in [-0.4, -0.2) is 44.9 Å². The molecule has 8 heteroatoms. The van der Waals surface area contributed by atoms with Gasteiger partial charge in [-0.25, -0.2) is 8.42 Å². The summed E-state index contributed by atoms with van der Waals surface area (Å²) in [5, 5.41) is 9.16. The molecule has 0 radical (unpaired) electrons. The van der Waals surface area contributed by atoms with Crippen molar-refractivity contribution in [1.29, 1.82) is 5.26 Å². The summed E-state index contributed by atoms with van der Waals surface area (Å²) in [5.74, 6) is 1.04. The Morgan fingerprint density at radius 2 is 2.00 bits per heavy atom. The fourth-order valence-corrected chi connectivity index (χ4v) is 4.69. The summed E-state index contributed by atoms with van der Waals surface area (Å²) in [4.78, 5) is 6.11. The third-order valence-corrected chi connectivity index (χ3v) is 6.36. The van der Waals surface area contributed by atoms with E-state index in [1.165, 1.54) is 0 Å². The van der Waals surface area contributed by atoms with Crippen LogP contribution in [-0.2, 0) is 10.0 Å². The second-order valence-corrected chi connectivity index (χ2v) is 8.75. The highest BCUT2D eigenvalue weighted by Crippen LogP contribution is 2.29. The van der Waals surface area contributed by atoms with E-state index in [9.17, 15) is 8.42 Å². The van der Waals surface area contributed by atoms with E-state index >= 15 is 0 Å². The van der Waals surface area contributed by atoms with Crippen LogP contribution in [0.3, 0.4) is 0 Å². The second kappa shape index (κ2) is 7.09. The lowest BCUT2D eigenvalue weighted by molar-refractivity contribution is 0.281. The molecular formula is C18H22N4O3S. The minimum Gasteiger partial charge on any atom is -0.419 e. The van der Waals surface area contributed by atoms with Crippen molar-refractivity contribution in [3.8, 4) is 17.5 Å². The zero-order chi connectivity index (χ0) is 18.9. The Morgan fingerprint density at radius 3 is 2.54 bits per heavy atom. The minimum absolute atomic E-state index is 0.198. The number of nitrogens with zero attached hydrogens (tertiary/aromatic N) is 4. The highest BCUT2D eigenvalue weighted by Gasteiger charge is 2.28. The molecule has 1 atom stereocenters. The van der Waals surface area contributed by atoms with E-state index in [0.717, 1.165) is 12.8 Å². The van der Waals surface area contributed by atoms with Crippen LogP contribution in [0, 0.1) is 17.2 Å². The molecule has 1 aliphatic heterocycles. The fourth-order valence-electron chi connectivity index (χ4n) is 3.09. The van der Waals surface area contributed by atoms with Crippen LogP contribution < -0.4 is 4.90 Å². The summed E-state index contributed by atoms with van der Waals surface area (Å²) in [6.07, 6.45) is 1.95. The Labute approximate surface area is 153 Å². The monoisotopic (exact) mass is 374 g/mol. The molecule has 1 aromatic heterocycles. The second-order valence-electron chi connectivity index (χ2n) is 6.81. The van der Waals surface area contributed by atoms with Crippen molar-refractivity contribution in [1.82, 2.24) is 9.29 Å². The van der Waals surface area contributed by atoms with Gasteiger partial charge in [0.25, 0.3) is 0 Å². The fraction of sp³-hybridized carbons (Fsp3) is 0.444. The molecule has 26 heavy (non-hydrogen) atoms. The first-order chi connectivity index (χ1) is 12.3. The number of sulfonamides is 1. The zero-order valence-electron chi connectivity index (χ0n) is 15.1. The van der Waals surface area contributed by atoms with E-state index in [-0.39, 0.29) is 10.6 Å². The third kappa shape index (κ3) is 3.45. The van der Waals surface area contributed by atoms with E-state index in [2.05, 4.69) is 11.9 Å². The summed E-state index contributed by atoms with van der Waals surface area (Å²) in [5.41, 5.74) is 0.824. The van der Waals surface area contributed by atoms with Crippen molar-refractivity contribution in [2.24, 2.45) is 5.92 Å². The van der Waals surface area contributed by atoms with Crippen LogP contribution in [0.1, 0.15) is 25.5 Å². The molecule has 1 aromatic carbocycles. The first-order valence-corrected chi connectivity index (χ1v) is 9.95. The number of hydrogen-bond donors (Lipinski definition) is 0. The van der Waals surface area contributed by atoms with Gasteiger partial charge in [0.2, 0.25) is 27.5 Å². The van der Waals surface area contributed by atoms with Crippen LogP contribution in [0.25, 0.3) is 11.5 Å². The van der Waals surface area contributed by atoms with Gasteiger partial charge < -0.3 is 9.32 Å². The highest BCUT2D eigenvalue weighted by molar-refractivity contribution is 7.89. The molecule has 0 bridgehead atoms. The molecule has 0 aliphatic carbocycles. The van der Waals surface area contributed by atoms with E-state index in [1.807, 2.05) is 6.07 Å². The number of nitriles is 1. The van der Waals surface area contributed by atoms with Gasteiger partial charge >= 0.3 is 0 Å². The maximum Gasteiger partial charge on any atom is 0.243 e. The molecule has 0 spiro atoms. The molecule has 138 valence electrons. The maximum atomic E-state index is 12.8. The van der Waals surface area contributed by atoms with Crippen LogP contribution in [0.15, 0.2) is 33.6 Å². The zero-order valence-corrected chi connectivity index (χ0v) is 16.0. The van der Waals surface area contributed by atoms with Gasteiger partial charge in [-0.2, -0.15) is 14.6 Å². The normalized spacial score (nSPS) is 18.5. The first kappa shape index (κ1) is 18.4. The third-order valence-electron chi connectivity index (χ3n) is 4.48. The molecular weight excluding hydrogens is 352 g/mol. The van der Waals surface area contributed by atoms with Gasteiger partial charge in [0.15, 0.2) is 0 Å². The van der Waals surface area contributed by atoms with Gasteiger partial charge in [-0.1, -0.05) is 6.92 Å². The molecule has 1 unspecified atom stereocenters. The molecule has 3 rings (SSSR count). The number of anilines is 1. The summed E-state index contributed by atoms with van der Waals surface area (Å²) < 4.78 is 32.8. The van der Waals surface area contributed by atoms with Gasteiger partial charge in [0, 0.05) is 32.7 Å². The molecule has 1 aliphatic rings. The summed E-state index contributed by atoms with van der Waals surface area (Å²) in [6.45, 7) is 3.19. The van der Waals surface area contributed by atoms with Crippen LogP contribution in [0.2, 0.25) is 0 Å². The number of oxazole rings is 1. The maximum absolute atomic E-state index is 12.8. The van der Waals surface area contributed by atoms with Gasteiger partial charge in [0.05, 0.1) is 4.90 Å². The number of rotatable bonds is 4. The Kier molecular flexibility index (Phi) is 5.03. The lowest BCUT2D eigenvalue weighted by Crippen LogP contribution is -2.39. The average molecular weight is 374 g/mol. The smallest absolute Gasteiger partial charge is 0.243 e. The van der Waals surface area contributed by atoms with Gasteiger partial charge in [-0.05, 0) is 43.0 Å². The number of piperidine rings is 1. The van der Waals surface area contributed by atoms with Crippen molar-refractivity contribution in [2.75, 3.05) is 32.1 Å². The highest BCUT2D eigenvalue weighted by atomic mass is 32.2. The minimum atomic E-state index is -3.49. The van der Waals surface area contributed by atoms with Crippen LogP contribution in [0.4, 0.5) is 5.88 Å². The first-order valence-electron chi connectivity index (χ1n) is 8.51. The quantitative estimate of drug-likeness (QED) is 0.817. The van der Waals surface area contributed by atoms with Crippen molar-refractivity contribution in [3.63, 3.8) is 0 Å². The summed E-state index contributed by atoms with van der Waals surface area (Å²) >= 11 is 0. The standard InChI is InChI=1S/C18H22N4O3S/c1-13-5-4-10-22(12-13)26(23,24)15-8-6-14(7-9-15)17-20-16(11-19)18(25-17)21(2)3/h6-9,13H,4-5,10,12H2,1-3H3. The Bertz CT molecular complexity index is 926. The van der Waals surface area contributed by atoms with Crippen LogP contribution in [0.5, 0.6) is 0 Å². The molecule has 0 N–H and O–H groups in total. The average Bonchev–Trinajstić information content (AvgIpc) is 3.06. The molecule has 2 aromatic rings. The number of aromatic nitrogens is 1. The molecule has 2 heterocycles. The van der Waals surface area contributed by atoms with Crippen molar-refractivity contribution in [2.45, 2.75) is 24.7 Å². The number of hydrogen-bond acceptors (Lipinski definition) is 6. The van der Waals surface area contributed by atoms with Gasteiger partial charge in [-0.15, -0.1) is 0 Å². The molecule has 0 saturated carbocycles. The topological polar surface area (TPSA) is 90.4 Å². The van der Waals surface area contributed by atoms with Crippen molar-refractivity contribution < 1.29 is 12.8 Å². The SMILES string of the molecule is CC1CCCN(S(=O)(=O)c2ccc(-c3nc(C#N)c(N(C)C)o3)cc2)C1. The Morgan fingerprint density at radius 1 is 1.31 bits per heavy atom.